The van der Waals surface area contributed by atoms with Crippen LogP contribution < -0.4 is 21.1 Å². The maximum Gasteiger partial charge on any atom is 0.268 e. The van der Waals surface area contributed by atoms with Crippen LogP contribution in [0.25, 0.3) is 0 Å². The van der Waals surface area contributed by atoms with E-state index in [-0.39, 0.29) is 29.0 Å². The first-order valence-corrected chi connectivity index (χ1v) is 11.4. The third kappa shape index (κ3) is 4.40. The van der Waals surface area contributed by atoms with Gasteiger partial charge in [0.05, 0.1) is 36.1 Å². The quantitative estimate of drug-likeness (QED) is 0.616. The molecule has 8 nitrogen and oxygen atoms in total. The largest absolute Gasteiger partial charge is 0.481 e. The molecule has 1 aromatic heterocycles. The number of nitrogens with two attached hydrogens (primary N) is 2. The fraction of sp³-hybridized carbons (Fsp3) is 0.400. The molecule has 1 saturated heterocycles. The number of amides is 1. The number of hydrogen-bond acceptors (Lipinski definition) is 9. The predicted octanol–water partition coefficient (Wildman–Crippen LogP) is 3.21. The summed E-state index contributed by atoms with van der Waals surface area (Å²) in [5, 5.41) is -0.579. The van der Waals surface area contributed by atoms with Crippen molar-refractivity contribution in [3.05, 3.63) is 52.3 Å². The first-order chi connectivity index (χ1) is 15.2. The van der Waals surface area contributed by atoms with Gasteiger partial charge in [0, 0.05) is 18.0 Å². The number of thioether (sulfide) groups is 1. The molecule has 4 N–H and O–H groups in total. The monoisotopic (exact) mass is 484 g/mol. The highest BCUT2D eigenvalue weighted by Crippen LogP contribution is 2.52. The molecule has 3 heterocycles. The van der Waals surface area contributed by atoms with Gasteiger partial charge >= 0.3 is 0 Å². The molecule has 2 unspecified atom stereocenters. The summed E-state index contributed by atoms with van der Waals surface area (Å²) in [6.07, 6.45) is 1.88. The van der Waals surface area contributed by atoms with Gasteiger partial charge in [0.15, 0.2) is 5.79 Å². The first-order valence-electron chi connectivity index (χ1n) is 9.76. The molecule has 1 amide bonds. The van der Waals surface area contributed by atoms with Gasteiger partial charge in [0.25, 0.3) is 5.91 Å². The number of nitrogens with zero attached hydrogens (tertiary/aromatic N) is 2. The highest BCUT2D eigenvalue weighted by Gasteiger charge is 2.41. The second kappa shape index (κ2) is 8.85. The van der Waals surface area contributed by atoms with E-state index in [0.717, 1.165) is 35.4 Å². The molecule has 2 aromatic rings. The van der Waals surface area contributed by atoms with Gasteiger partial charge in [-0.25, -0.2) is 8.78 Å². The maximum absolute atomic E-state index is 14.6. The van der Waals surface area contributed by atoms with E-state index in [1.54, 1.807) is 0 Å². The summed E-state index contributed by atoms with van der Waals surface area (Å²) in [5.41, 5.74) is 11.6. The van der Waals surface area contributed by atoms with Crippen molar-refractivity contribution in [1.82, 2.24) is 4.37 Å². The lowest BCUT2D eigenvalue weighted by Crippen LogP contribution is -2.32. The molecule has 12 heteroatoms. The molecular formula is C20H22F2N4O4S2. The van der Waals surface area contributed by atoms with Crippen LogP contribution in [0, 0.1) is 11.6 Å². The van der Waals surface area contributed by atoms with Crippen LogP contribution in [0.4, 0.5) is 14.5 Å². The van der Waals surface area contributed by atoms with Crippen molar-refractivity contribution in [2.45, 2.75) is 37.5 Å². The number of halogens is 2. The zero-order chi connectivity index (χ0) is 23.0. The zero-order valence-corrected chi connectivity index (χ0v) is 19.0. The number of benzene rings is 1. The number of ether oxygens (including phenoxy) is 3. The van der Waals surface area contributed by atoms with Crippen LogP contribution in [0.5, 0.6) is 5.06 Å². The molecule has 0 saturated carbocycles. The van der Waals surface area contributed by atoms with Crippen LogP contribution >= 0.6 is 23.3 Å². The normalized spacial score (nSPS) is 22.6. The number of aromatic nitrogens is 1. The second-order valence-corrected chi connectivity index (χ2v) is 9.53. The highest BCUT2D eigenvalue weighted by atomic mass is 32.2. The minimum atomic E-state index is -0.996. The number of carbonyl (C=O) groups is 1. The average Bonchev–Trinajstić information content (AvgIpc) is 3.38. The van der Waals surface area contributed by atoms with Crippen molar-refractivity contribution in [2.24, 2.45) is 11.5 Å². The SMILES string of the molecule is CC1(C)OCC(CCOc2sncc2N2C(C(N)=O)=C(N)SC2c2c(F)cccc2F)O1. The van der Waals surface area contributed by atoms with Crippen molar-refractivity contribution in [3.63, 3.8) is 0 Å². The zero-order valence-electron chi connectivity index (χ0n) is 17.3. The molecule has 172 valence electrons. The topological polar surface area (TPSA) is 113 Å². The van der Waals surface area contributed by atoms with Crippen molar-refractivity contribution < 1.29 is 27.8 Å². The Balaban J connectivity index is 1.60. The lowest BCUT2D eigenvalue weighted by molar-refractivity contribution is -0.139. The van der Waals surface area contributed by atoms with Gasteiger partial charge in [0.2, 0.25) is 5.06 Å². The van der Waals surface area contributed by atoms with E-state index in [0.29, 0.717) is 23.8 Å². The van der Waals surface area contributed by atoms with Crippen LogP contribution in [0.3, 0.4) is 0 Å². The second-order valence-electron chi connectivity index (χ2n) is 7.64. The minimum Gasteiger partial charge on any atom is -0.481 e. The Bertz CT molecular complexity index is 1040. The molecule has 2 atom stereocenters. The molecule has 32 heavy (non-hydrogen) atoms. The van der Waals surface area contributed by atoms with E-state index in [4.69, 9.17) is 25.7 Å². The van der Waals surface area contributed by atoms with Crippen LogP contribution in [0.15, 0.2) is 35.1 Å². The smallest absolute Gasteiger partial charge is 0.268 e. The van der Waals surface area contributed by atoms with Crippen molar-refractivity contribution in [3.8, 4) is 5.06 Å². The minimum absolute atomic E-state index is 0.0565. The molecule has 2 aliphatic rings. The Hall–Kier alpha value is -2.41. The molecule has 2 aliphatic heterocycles. The Morgan fingerprint density at radius 1 is 1.38 bits per heavy atom. The summed E-state index contributed by atoms with van der Waals surface area (Å²) < 4.78 is 50.5. The molecule has 1 fully saturated rings. The van der Waals surface area contributed by atoms with Gasteiger partial charge in [-0.05, 0) is 26.0 Å². The van der Waals surface area contributed by atoms with Gasteiger partial charge in [-0.15, -0.1) is 0 Å². The summed E-state index contributed by atoms with van der Waals surface area (Å²) >= 11 is 1.97. The number of hydrogen-bond donors (Lipinski definition) is 2. The standard InChI is InChI=1S/C20H22F2N4O4S2/c1-20(2)29-9-10(30-20)6-7-28-19-13(8-25-32-19)26-15(16(23)27)17(24)31-18(26)14-11(21)4-3-5-12(14)22/h3-5,8,10,18H,6-7,9,24H2,1-2H3,(H2,23,27). The Kier molecular flexibility index (Phi) is 6.30. The molecule has 0 bridgehead atoms. The summed E-state index contributed by atoms with van der Waals surface area (Å²) in [4.78, 5) is 13.6. The Morgan fingerprint density at radius 2 is 2.09 bits per heavy atom. The summed E-state index contributed by atoms with van der Waals surface area (Å²) in [6, 6.07) is 3.55. The van der Waals surface area contributed by atoms with Crippen LogP contribution in [-0.4, -0.2) is 35.4 Å². The summed E-state index contributed by atoms with van der Waals surface area (Å²) in [6.45, 7) is 4.41. The average molecular weight is 485 g/mol. The third-order valence-electron chi connectivity index (χ3n) is 4.95. The van der Waals surface area contributed by atoms with E-state index in [9.17, 15) is 13.6 Å². The fourth-order valence-electron chi connectivity index (χ4n) is 3.56. The van der Waals surface area contributed by atoms with Gasteiger partial charge in [-0.3, -0.25) is 4.79 Å². The van der Waals surface area contributed by atoms with Crippen molar-refractivity contribution in [2.75, 3.05) is 18.1 Å². The van der Waals surface area contributed by atoms with Crippen molar-refractivity contribution >= 4 is 34.9 Å². The van der Waals surface area contributed by atoms with E-state index in [1.807, 2.05) is 13.8 Å². The molecular weight excluding hydrogens is 462 g/mol. The van der Waals surface area contributed by atoms with Gasteiger partial charge in [-0.1, -0.05) is 17.8 Å². The third-order valence-corrected chi connectivity index (χ3v) is 6.77. The van der Waals surface area contributed by atoms with Gasteiger partial charge in [-0.2, -0.15) is 4.37 Å². The first kappa shape index (κ1) is 22.8. The molecule has 0 radical (unpaired) electrons. The van der Waals surface area contributed by atoms with Crippen LogP contribution in [-0.2, 0) is 14.3 Å². The number of carbonyl (C=O) groups excluding carboxylic acids is 1. The Labute approximate surface area is 191 Å². The number of anilines is 1. The van der Waals surface area contributed by atoms with E-state index in [1.165, 1.54) is 17.2 Å². The molecule has 0 aliphatic carbocycles. The summed E-state index contributed by atoms with van der Waals surface area (Å²) in [7, 11) is 0. The molecule has 4 rings (SSSR count). The van der Waals surface area contributed by atoms with Gasteiger partial charge in [0.1, 0.15) is 28.4 Å². The Morgan fingerprint density at radius 3 is 2.72 bits per heavy atom. The molecule has 0 spiro atoms. The van der Waals surface area contributed by atoms with Gasteiger partial charge < -0.3 is 30.6 Å². The lowest BCUT2D eigenvalue weighted by atomic mass is 10.1. The molecule has 1 aromatic carbocycles. The lowest BCUT2D eigenvalue weighted by Gasteiger charge is -2.27. The van der Waals surface area contributed by atoms with Crippen LogP contribution in [0.2, 0.25) is 0 Å². The van der Waals surface area contributed by atoms with E-state index in [2.05, 4.69) is 4.37 Å². The highest BCUT2D eigenvalue weighted by molar-refractivity contribution is 8.03. The van der Waals surface area contributed by atoms with E-state index < -0.39 is 28.7 Å². The number of rotatable bonds is 7. The summed E-state index contributed by atoms with van der Waals surface area (Å²) in [5.74, 6) is -3.00. The fourth-order valence-corrected chi connectivity index (χ4v) is 5.41. The predicted molar refractivity (Wildman–Crippen MR) is 117 cm³/mol. The number of primary amides is 1. The van der Waals surface area contributed by atoms with Crippen LogP contribution in [0.1, 0.15) is 31.2 Å². The van der Waals surface area contributed by atoms with Crippen molar-refractivity contribution in [1.29, 1.82) is 0 Å². The van der Waals surface area contributed by atoms with E-state index >= 15 is 0 Å². The maximum atomic E-state index is 14.6.